The quantitative estimate of drug-likeness (QED) is 0.644. The zero-order valence-corrected chi connectivity index (χ0v) is 17.9. The van der Waals surface area contributed by atoms with E-state index in [4.69, 9.17) is 14.0 Å². The topological polar surface area (TPSA) is 85.1 Å². The van der Waals surface area contributed by atoms with Crippen molar-refractivity contribution in [2.45, 2.75) is 38.2 Å². The van der Waals surface area contributed by atoms with E-state index in [1.54, 1.807) is 18.1 Å². The number of hydrogen-bond donors (Lipinski definition) is 0. The van der Waals surface area contributed by atoms with E-state index in [0.717, 1.165) is 44.3 Å². The van der Waals surface area contributed by atoms with Gasteiger partial charge in [0.1, 0.15) is 5.75 Å². The summed E-state index contributed by atoms with van der Waals surface area (Å²) in [4.78, 5) is 29.3. The van der Waals surface area contributed by atoms with Crippen molar-refractivity contribution in [3.63, 3.8) is 0 Å². The highest BCUT2D eigenvalue weighted by Crippen LogP contribution is 2.25. The number of carbonyl (C=O) groups excluding carboxylic acids is 2. The third kappa shape index (κ3) is 5.25. The molecule has 3 heterocycles. The summed E-state index contributed by atoms with van der Waals surface area (Å²) in [6, 6.07) is 9.03. The summed E-state index contributed by atoms with van der Waals surface area (Å²) in [5.41, 5.74) is 1.00. The van der Waals surface area contributed by atoms with Crippen LogP contribution < -0.4 is 4.74 Å². The summed E-state index contributed by atoms with van der Waals surface area (Å²) in [6.07, 6.45) is 4.31. The first kappa shape index (κ1) is 21.4. The van der Waals surface area contributed by atoms with E-state index < -0.39 is 0 Å². The van der Waals surface area contributed by atoms with Gasteiger partial charge in [0.15, 0.2) is 11.5 Å². The fraction of sp³-hybridized carbons (Fsp3) is 0.522. The lowest BCUT2D eigenvalue weighted by atomic mass is 10.1. The maximum absolute atomic E-state index is 13.2. The Balaban J connectivity index is 1.46. The molecular weight excluding hydrogens is 398 g/mol. The maximum Gasteiger partial charge on any atom is 0.276 e. The van der Waals surface area contributed by atoms with E-state index in [2.05, 4.69) is 5.16 Å². The van der Waals surface area contributed by atoms with Gasteiger partial charge in [0.25, 0.3) is 5.91 Å². The van der Waals surface area contributed by atoms with Gasteiger partial charge in [-0.15, -0.1) is 0 Å². The van der Waals surface area contributed by atoms with Gasteiger partial charge < -0.3 is 23.8 Å². The van der Waals surface area contributed by atoms with Crippen molar-refractivity contribution in [2.75, 3.05) is 39.9 Å². The molecule has 2 saturated heterocycles. The van der Waals surface area contributed by atoms with E-state index in [1.165, 1.54) is 0 Å². The molecule has 2 fully saturated rings. The van der Waals surface area contributed by atoms with E-state index >= 15 is 0 Å². The van der Waals surface area contributed by atoms with Crippen molar-refractivity contribution in [3.05, 3.63) is 36.0 Å². The second kappa shape index (κ2) is 9.96. The first-order valence-corrected chi connectivity index (χ1v) is 10.9. The average molecular weight is 428 g/mol. The molecule has 2 aromatic rings. The lowest BCUT2D eigenvalue weighted by Crippen LogP contribution is -2.40. The Morgan fingerprint density at radius 3 is 2.81 bits per heavy atom. The van der Waals surface area contributed by atoms with Gasteiger partial charge in [0, 0.05) is 50.8 Å². The minimum Gasteiger partial charge on any atom is -0.497 e. The van der Waals surface area contributed by atoms with Crippen molar-refractivity contribution < 1.29 is 23.6 Å². The third-order valence-corrected chi connectivity index (χ3v) is 5.87. The molecule has 166 valence electrons. The zero-order valence-electron chi connectivity index (χ0n) is 17.9. The van der Waals surface area contributed by atoms with Crippen LogP contribution in [0.3, 0.4) is 0 Å². The van der Waals surface area contributed by atoms with Gasteiger partial charge in [-0.3, -0.25) is 9.59 Å². The van der Waals surface area contributed by atoms with Gasteiger partial charge in [-0.25, -0.2) is 0 Å². The Bertz CT molecular complexity index is 900. The SMILES string of the molecule is COc1cccc(-c2cc(C(=O)N(CCC(=O)N3CCCC3)CC3CCCO3)no2)c1. The molecule has 2 amide bonds. The van der Waals surface area contributed by atoms with Crippen LogP contribution in [0.25, 0.3) is 11.3 Å². The monoisotopic (exact) mass is 427 g/mol. The van der Waals surface area contributed by atoms with Crippen LogP contribution in [-0.2, 0) is 9.53 Å². The molecular formula is C23H29N3O5. The fourth-order valence-corrected chi connectivity index (χ4v) is 4.12. The number of likely N-dealkylation sites (tertiary alicyclic amines) is 1. The molecule has 0 N–H and O–H groups in total. The summed E-state index contributed by atoms with van der Waals surface area (Å²) in [5.74, 6) is 1.04. The minimum absolute atomic E-state index is 0.00408. The van der Waals surface area contributed by atoms with E-state index in [1.807, 2.05) is 29.2 Å². The van der Waals surface area contributed by atoms with Crippen LogP contribution in [0.15, 0.2) is 34.9 Å². The Labute approximate surface area is 182 Å². The molecule has 8 heteroatoms. The molecule has 8 nitrogen and oxygen atoms in total. The third-order valence-electron chi connectivity index (χ3n) is 5.87. The van der Waals surface area contributed by atoms with Crippen LogP contribution in [0.5, 0.6) is 5.75 Å². The molecule has 1 aromatic heterocycles. The number of ether oxygens (including phenoxy) is 2. The summed E-state index contributed by atoms with van der Waals surface area (Å²) in [7, 11) is 1.60. The predicted molar refractivity (Wildman–Crippen MR) is 114 cm³/mol. The van der Waals surface area contributed by atoms with Crippen LogP contribution in [0.2, 0.25) is 0 Å². The van der Waals surface area contributed by atoms with E-state index in [0.29, 0.717) is 37.6 Å². The molecule has 31 heavy (non-hydrogen) atoms. The van der Waals surface area contributed by atoms with Crippen LogP contribution in [0, 0.1) is 0 Å². The zero-order chi connectivity index (χ0) is 21.6. The minimum atomic E-state index is -0.248. The normalized spacial score (nSPS) is 18.4. The first-order valence-electron chi connectivity index (χ1n) is 10.9. The standard InChI is InChI=1S/C23H29N3O5/c1-29-18-7-4-6-17(14-18)21-15-20(24-31-21)23(28)26(16-19-8-5-13-30-19)12-9-22(27)25-10-2-3-11-25/h4,6-7,14-15,19H,2-3,5,8-13,16H2,1H3. The van der Waals surface area contributed by atoms with Gasteiger partial charge in [-0.1, -0.05) is 17.3 Å². The van der Waals surface area contributed by atoms with Crippen molar-refractivity contribution in [2.24, 2.45) is 0 Å². The van der Waals surface area contributed by atoms with Crippen molar-refractivity contribution in [1.29, 1.82) is 0 Å². The van der Waals surface area contributed by atoms with E-state index in [9.17, 15) is 9.59 Å². The Morgan fingerprint density at radius 1 is 1.23 bits per heavy atom. The summed E-state index contributed by atoms with van der Waals surface area (Å²) >= 11 is 0. The van der Waals surface area contributed by atoms with Crippen LogP contribution in [-0.4, -0.2) is 72.8 Å². The molecule has 0 bridgehead atoms. The smallest absolute Gasteiger partial charge is 0.276 e. The van der Waals surface area contributed by atoms with Crippen molar-refractivity contribution in [1.82, 2.24) is 15.0 Å². The highest BCUT2D eigenvalue weighted by molar-refractivity contribution is 5.93. The average Bonchev–Trinajstić information content (AvgIpc) is 3.58. The highest BCUT2D eigenvalue weighted by Gasteiger charge is 2.27. The summed E-state index contributed by atoms with van der Waals surface area (Å²) in [5, 5.41) is 4.00. The van der Waals surface area contributed by atoms with Crippen molar-refractivity contribution in [3.8, 4) is 17.1 Å². The number of methoxy groups -OCH3 is 1. The molecule has 2 aliphatic rings. The Morgan fingerprint density at radius 2 is 2.06 bits per heavy atom. The van der Waals surface area contributed by atoms with Gasteiger partial charge in [-0.2, -0.15) is 0 Å². The summed E-state index contributed by atoms with van der Waals surface area (Å²) in [6.45, 7) is 3.13. The number of amides is 2. The molecule has 1 atom stereocenters. The fourth-order valence-electron chi connectivity index (χ4n) is 4.12. The molecule has 0 radical (unpaired) electrons. The van der Waals surface area contributed by atoms with Crippen LogP contribution in [0.1, 0.15) is 42.6 Å². The second-order valence-corrected chi connectivity index (χ2v) is 8.03. The number of benzene rings is 1. The highest BCUT2D eigenvalue weighted by atomic mass is 16.5. The number of hydrogen-bond acceptors (Lipinski definition) is 6. The van der Waals surface area contributed by atoms with Crippen molar-refractivity contribution >= 4 is 11.8 Å². The largest absolute Gasteiger partial charge is 0.497 e. The number of rotatable bonds is 8. The summed E-state index contributed by atoms with van der Waals surface area (Å²) < 4.78 is 16.4. The molecule has 1 aromatic carbocycles. The first-order chi connectivity index (χ1) is 15.1. The van der Waals surface area contributed by atoms with Gasteiger partial charge in [-0.05, 0) is 37.8 Å². The lowest BCUT2D eigenvalue weighted by Gasteiger charge is -2.25. The second-order valence-electron chi connectivity index (χ2n) is 8.03. The molecule has 4 rings (SSSR count). The number of aromatic nitrogens is 1. The maximum atomic E-state index is 13.2. The Kier molecular flexibility index (Phi) is 6.86. The van der Waals surface area contributed by atoms with Gasteiger partial charge in [0.2, 0.25) is 5.91 Å². The Hall–Kier alpha value is -2.87. The molecule has 0 aliphatic carbocycles. The number of nitrogens with zero attached hydrogens (tertiary/aromatic N) is 3. The predicted octanol–water partition coefficient (Wildman–Crippen LogP) is 2.98. The number of carbonyl (C=O) groups is 2. The lowest BCUT2D eigenvalue weighted by molar-refractivity contribution is -0.130. The van der Waals surface area contributed by atoms with E-state index in [-0.39, 0.29) is 23.6 Å². The van der Waals surface area contributed by atoms with Gasteiger partial charge in [0.05, 0.1) is 13.2 Å². The van der Waals surface area contributed by atoms with Gasteiger partial charge >= 0.3 is 0 Å². The van der Waals surface area contributed by atoms with Crippen LogP contribution >= 0.6 is 0 Å². The molecule has 2 aliphatic heterocycles. The molecule has 0 saturated carbocycles. The van der Waals surface area contributed by atoms with Crippen LogP contribution in [0.4, 0.5) is 0 Å². The molecule has 1 unspecified atom stereocenters. The molecule has 0 spiro atoms.